The van der Waals surface area contributed by atoms with Crippen molar-refractivity contribution < 1.29 is 9.47 Å². The Labute approximate surface area is 92.9 Å². The van der Waals surface area contributed by atoms with Gasteiger partial charge in [0.2, 0.25) is 0 Å². The van der Waals surface area contributed by atoms with Crippen molar-refractivity contribution in [1.29, 1.82) is 0 Å². The van der Waals surface area contributed by atoms with Gasteiger partial charge in [-0.3, -0.25) is 0 Å². The van der Waals surface area contributed by atoms with Crippen LogP contribution in [0.4, 0.5) is 0 Å². The fraction of sp³-hybridized carbons (Fsp3) is 1.00. The lowest BCUT2D eigenvalue weighted by atomic mass is 10.0. The zero-order valence-corrected chi connectivity index (χ0v) is 10.2. The van der Waals surface area contributed by atoms with Gasteiger partial charge in [0.15, 0.2) is 0 Å². The molecule has 1 aliphatic heterocycles. The second-order valence-corrected chi connectivity index (χ2v) is 4.30. The van der Waals surface area contributed by atoms with Gasteiger partial charge in [-0.05, 0) is 20.5 Å². The van der Waals surface area contributed by atoms with Crippen molar-refractivity contribution in [3.63, 3.8) is 0 Å². The Morgan fingerprint density at radius 2 is 2.27 bits per heavy atom. The van der Waals surface area contributed by atoms with Crippen LogP contribution in [0.5, 0.6) is 0 Å². The third-order valence-corrected chi connectivity index (χ3v) is 3.00. The fourth-order valence-corrected chi connectivity index (χ4v) is 2.07. The molecular weight excluding hydrogens is 192 g/mol. The van der Waals surface area contributed by atoms with Crippen LogP contribution in [-0.2, 0) is 9.47 Å². The zero-order valence-electron chi connectivity index (χ0n) is 10.2. The minimum Gasteiger partial charge on any atom is -0.385 e. The van der Waals surface area contributed by atoms with E-state index in [1.54, 1.807) is 7.11 Å². The summed E-state index contributed by atoms with van der Waals surface area (Å²) in [5, 5.41) is 3.31. The standard InChI is InChI=1S/C11H24N2O2/c1-12-11-9-15-8-10(11)7-13(2)5-4-6-14-3/h10-12H,4-9H2,1-3H3. The molecule has 0 aromatic rings. The number of nitrogens with one attached hydrogen (secondary N) is 1. The van der Waals surface area contributed by atoms with E-state index in [-0.39, 0.29) is 0 Å². The van der Waals surface area contributed by atoms with Crippen LogP contribution in [0.15, 0.2) is 0 Å². The molecule has 1 fully saturated rings. The Morgan fingerprint density at radius 1 is 1.47 bits per heavy atom. The summed E-state index contributed by atoms with van der Waals surface area (Å²) in [7, 11) is 5.93. The van der Waals surface area contributed by atoms with Crippen LogP contribution in [0.25, 0.3) is 0 Å². The van der Waals surface area contributed by atoms with E-state index >= 15 is 0 Å². The highest BCUT2D eigenvalue weighted by Crippen LogP contribution is 2.14. The molecule has 0 spiro atoms. The van der Waals surface area contributed by atoms with Crippen LogP contribution in [0, 0.1) is 5.92 Å². The van der Waals surface area contributed by atoms with Gasteiger partial charge in [0.25, 0.3) is 0 Å². The van der Waals surface area contributed by atoms with Gasteiger partial charge in [-0.25, -0.2) is 0 Å². The van der Waals surface area contributed by atoms with Crippen molar-refractivity contribution in [1.82, 2.24) is 10.2 Å². The van der Waals surface area contributed by atoms with E-state index in [1.165, 1.54) is 0 Å². The molecule has 1 heterocycles. The number of nitrogens with zero attached hydrogens (tertiary/aromatic N) is 1. The van der Waals surface area contributed by atoms with Crippen molar-refractivity contribution in [2.45, 2.75) is 12.5 Å². The Hall–Kier alpha value is -0.160. The summed E-state index contributed by atoms with van der Waals surface area (Å²) in [5.41, 5.74) is 0. The van der Waals surface area contributed by atoms with Crippen LogP contribution < -0.4 is 5.32 Å². The molecule has 0 aliphatic carbocycles. The van der Waals surface area contributed by atoms with E-state index in [4.69, 9.17) is 9.47 Å². The minimum atomic E-state index is 0.523. The van der Waals surface area contributed by atoms with Crippen molar-refractivity contribution in [2.24, 2.45) is 5.92 Å². The van der Waals surface area contributed by atoms with Gasteiger partial charge in [0, 0.05) is 38.8 Å². The number of likely N-dealkylation sites (N-methyl/N-ethyl adjacent to an activating group) is 1. The molecule has 4 heteroatoms. The number of hydrogen-bond donors (Lipinski definition) is 1. The Bertz CT molecular complexity index is 167. The predicted octanol–water partition coefficient (Wildman–Crippen LogP) is 0.189. The SMILES string of the molecule is CNC1COCC1CN(C)CCCOC. The van der Waals surface area contributed by atoms with Crippen molar-refractivity contribution in [3.8, 4) is 0 Å². The first-order valence-electron chi connectivity index (χ1n) is 5.70. The summed E-state index contributed by atoms with van der Waals surface area (Å²) in [6.07, 6.45) is 1.10. The average Bonchev–Trinajstić information content (AvgIpc) is 2.65. The number of ether oxygens (including phenoxy) is 2. The molecule has 0 aromatic carbocycles. The fourth-order valence-electron chi connectivity index (χ4n) is 2.07. The average molecular weight is 216 g/mol. The highest BCUT2D eigenvalue weighted by molar-refractivity contribution is 4.81. The van der Waals surface area contributed by atoms with Crippen LogP contribution in [0.1, 0.15) is 6.42 Å². The topological polar surface area (TPSA) is 33.7 Å². The summed E-state index contributed by atoms with van der Waals surface area (Å²) in [4.78, 5) is 2.36. The zero-order chi connectivity index (χ0) is 11.1. The number of methoxy groups -OCH3 is 1. The predicted molar refractivity (Wildman–Crippen MR) is 61.1 cm³/mol. The first-order chi connectivity index (χ1) is 7.27. The third kappa shape index (κ3) is 4.47. The second kappa shape index (κ2) is 7.17. The van der Waals surface area contributed by atoms with Crippen LogP contribution in [0.3, 0.4) is 0 Å². The summed E-state index contributed by atoms with van der Waals surface area (Å²) in [6, 6.07) is 0.523. The van der Waals surface area contributed by atoms with Gasteiger partial charge in [0.1, 0.15) is 0 Å². The molecule has 1 rings (SSSR count). The molecule has 15 heavy (non-hydrogen) atoms. The Morgan fingerprint density at radius 3 is 2.93 bits per heavy atom. The molecule has 1 N–H and O–H groups in total. The molecule has 2 atom stereocenters. The largest absolute Gasteiger partial charge is 0.385 e. The van der Waals surface area contributed by atoms with Crippen molar-refractivity contribution in [2.75, 3.05) is 54.1 Å². The molecule has 0 amide bonds. The summed E-state index contributed by atoms with van der Waals surface area (Å²) >= 11 is 0. The quantitative estimate of drug-likeness (QED) is 0.616. The summed E-state index contributed by atoms with van der Waals surface area (Å²) in [6.45, 7) is 4.80. The van der Waals surface area contributed by atoms with Crippen LogP contribution in [0.2, 0.25) is 0 Å². The molecule has 0 radical (unpaired) electrons. The smallest absolute Gasteiger partial charge is 0.0623 e. The minimum absolute atomic E-state index is 0.523. The van der Waals surface area contributed by atoms with E-state index in [1.807, 2.05) is 7.05 Å². The van der Waals surface area contributed by atoms with Crippen LogP contribution in [-0.4, -0.2) is 65.1 Å². The summed E-state index contributed by atoms with van der Waals surface area (Å²) < 4.78 is 10.5. The van der Waals surface area contributed by atoms with E-state index in [9.17, 15) is 0 Å². The van der Waals surface area contributed by atoms with E-state index in [0.29, 0.717) is 12.0 Å². The highest BCUT2D eigenvalue weighted by Gasteiger charge is 2.27. The number of rotatable bonds is 7. The van der Waals surface area contributed by atoms with Crippen molar-refractivity contribution in [3.05, 3.63) is 0 Å². The highest BCUT2D eigenvalue weighted by atomic mass is 16.5. The van der Waals surface area contributed by atoms with E-state index < -0.39 is 0 Å². The lowest BCUT2D eigenvalue weighted by Gasteiger charge is -2.23. The van der Waals surface area contributed by atoms with Gasteiger partial charge in [-0.2, -0.15) is 0 Å². The maximum Gasteiger partial charge on any atom is 0.0623 e. The normalized spacial score (nSPS) is 26.4. The molecule has 4 nitrogen and oxygen atoms in total. The van der Waals surface area contributed by atoms with Crippen molar-refractivity contribution >= 4 is 0 Å². The molecular formula is C11H24N2O2. The molecule has 90 valence electrons. The molecule has 0 bridgehead atoms. The second-order valence-electron chi connectivity index (χ2n) is 4.30. The summed E-state index contributed by atoms with van der Waals surface area (Å²) in [5.74, 6) is 0.627. The first kappa shape index (κ1) is 12.9. The Balaban J connectivity index is 2.15. The molecule has 0 saturated carbocycles. The molecule has 2 unspecified atom stereocenters. The molecule has 0 aromatic heterocycles. The van der Waals surface area contributed by atoms with Gasteiger partial charge in [-0.15, -0.1) is 0 Å². The van der Waals surface area contributed by atoms with E-state index in [2.05, 4.69) is 17.3 Å². The van der Waals surface area contributed by atoms with Gasteiger partial charge >= 0.3 is 0 Å². The van der Waals surface area contributed by atoms with Gasteiger partial charge in [-0.1, -0.05) is 0 Å². The lowest BCUT2D eigenvalue weighted by molar-refractivity contribution is 0.160. The molecule has 1 saturated heterocycles. The van der Waals surface area contributed by atoms with Gasteiger partial charge in [0.05, 0.1) is 13.2 Å². The molecule has 1 aliphatic rings. The van der Waals surface area contributed by atoms with Gasteiger partial charge < -0.3 is 19.7 Å². The first-order valence-corrected chi connectivity index (χ1v) is 5.70. The number of hydrogen-bond acceptors (Lipinski definition) is 4. The van der Waals surface area contributed by atoms with E-state index in [0.717, 1.165) is 39.3 Å². The van der Waals surface area contributed by atoms with Crippen LogP contribution >= 0.6 is 0 Å². The maximum absolute atomic E-state index is 5.47. The third-order valence-electron chi connectivity index (χ3n) is 3.00. The lowest BCUT2D eigenvalue weighted by Crippen LogP contribution is -2.39. The Kier molecular flexibility index (Phi) is 6.17. The monoisotopic (exact) mass is 216 g/mol. The maximum atomic E-state index is 5.47.